The molecule has 1 aliphatic rings. The quantitative estimate of drug-likeness (QED) is 0.787. The molecule has 0 radical (unpaired) electrons. The first-order chi connectivity index (χ1) is 9.18. The number of aliphatic hydroxyl groups excluding tert-OH is 1. The minimum Gasteiger partial charge on any atom is -0.497 e. The molecule has 3 N–H and O–H groups in total. The third-order valence-electron chi connectivity index (χ3n) is 4.10. The third kappa shape index (κ3) is 3.65. The summed E-state index contributed by atoms with van der Waals surface area (Å²) in [5.74, 6) is 2.40. The van der Waals surface area contributed by atoms with Crippen molar-refractivity contribution in [1.82, 2.24) is 0 Å². The lowest BCUT2D eigenvalue weighted by molar-refractivity contribution is 0.158. The number of ether oxygens (including phenoxy) is 1. The molecular formula is C15H23NO2S. The number of thioether (sulfide) groups is 1. The highest BCUT2D eigenvalue weighted by Gasteiger charge is 2.38. The molecule has 106 valence electrons. The van der Waals surface area contributed by atoms with Gasteiger partial charge in [0.25, 0.3) is 0 Å². The Bertz CT molecular complexity index is 396. The van der Waals surface area contributed by atoms with E-state index in [4.69, 9.17) is 10.5 Å². The van der Waals surface area contributed by atoms with E-state index in [2.05, 4.69) is 12.1 Å². The Hall–Kier alpha value is -0.710. The summed E-state index contributed by atoms with van der Waals surface area (Å²) in [7, 11) is 1.68. The molecule has 2 atom stereocenters. The number of nitrogens with two attached hydrogens (primary N) is 1. The van der Waals surface area contributed by atoms with Gasteiger partial charge in [-0.2, -0.15) is 0 Å². The van der Waals surface area contributed by atoms with Gasteiger partial charge >= 0.3 is 0 Å². The Kier molecular flexibility index (Phi) is 5.13. The van der Waals surface area contributed by atoms with Gasteiger partial charge in [0.2, 0.25) is 0 Å². The molecule has 2 unspecified atom stereocenters. The monoisotopic (exact) mass is 281 g/mol. The van der Waals surface area contributed by atoms with Crippen LogP contribution in [-0.2, 0) is 0 Å². The fraction of sp³-hybridized carbons (Fsp3) is 0.600. The Morgan fingerprint density at radius 2 is 2.16 bits per heavy atom. The topological polar surface area (TPSA) is 55.5 Å². The molecular weight excluding hydrogens is 258 g/mol. The maximum atomic E-state index is 9.42. The maximum Gasteiger partial charge on any atom is 0.118 e. The van der Waals surface area contributed by atoms with Crippen LogP contribution >= 0.6 is 11.8 Å². The second-order valence-corrected chi connectivity index (χ2v) is 6.46. The largest absolute Gasteiger partial charge is 0.497 e. The Balaban J connectivity index is 1.79. The van der Waals surface area contributed by atoms with Crippen molar-refractivity contribution in [3.8, 4) is 5.75 Å². The molecule has 4 heteroatoms. The fourth-order valence-electron chi connectivity index (χ4n) is 2.80. The van der Waals surface area contributed by atoms with Gasteiger partial charge in [0.1, 0.15) is 5.75 Å². The predicted octanol–water partition coefficient (Wildman–Crippen LogP) is 2.67. The van der Waals surface area contributed by atoms with Gasteiger partial charge in [-0.15, -0.1) is 11.8 Å². The highest BCUT2D eigenvalue weighted by Crippen LogP contribution is 2.37. The number of rotatable bonds is 6. The van der Waals surface area contributed by atoms with E-state index in [0.29, 0.717) is 5.92 Å². The molecule has 0 heterocycles. The summed E-state index contributed by atoms with van der Waals surface area (Å²) in [6, 6.07) is 8.14. The first-order valence-electron chi connectivity index (χ1n) is 6.84. The van der Waals surface area contributed by atoms with Crippen molar-refractivity contribution in [2.45, 2.75) is 36.1 Å². The maximum absolute atomic E-state index is 9.42. The number of aliphatic hydroxyl groups is 1. The number of hydrogen-bond donors (Lipinski definition) is 2. The molecule has 0 aliphatic heterocycles. The fourth-order valence-corrected chi connectivity index (χ4v) is 3.77. The molecule has 1 fully saturated rings. The normalized spacial score (nSPS) is 26.6. The van der Waals surface area contributed by atoms with Crippen molar-refractivity contribution in [2.75, 3.05) is 19.5 Å². The van der Waals surface area contributed by atoms with Crippen molar-refractivity contribution in [3.63, 3.8) is 0 Å². The summed E-state index contributed by atoms with van der Waals surface area (Å²) in [5.41, 5.74) is 5.91. The van der Waals surface area contributed by atoms with Crippen molar-refractivity contribution in [3.05, 3.63) is 24.3 Å². The summed E-state index contributed by atoms with van der Waals surface area (Å²) < 4.78 is 5.14. The Labute approximate surface area is 119 Å². The van der Waals surface area contributed by atoms with Crippen LogP contribution in [0.5, 0.6) is 5.75 Å². The molecule has 1 aromatic rings. The number of methoxy groups -OCH3 is 1. The minimum absolute atomic E-state index is 0.116. The van der Waals surface area contributed by atoms with Gasteiger partial charge in [0.05, 0.1) is 13.7 Å². The Morgan fingerprint density at radius 1 is 1.42 bits per heavy atom. The van der Waals surface area contributed by atoms with Gasteiger partial charge in [-0.25, -0.2) is 0 Å². The summed E-state index contributed by atoms with van der Waals surface area (Å²) in [5, 5.41) is 9.42. The zero-order valence-electron chi connectivity index (χ0n) is 11.5. The van der Waals surface area contributed by atoms with E-state index < -0.39 is 0 Å². The smallest absolute Gasteiger partial charge is 0.118 e. The molecule has 1 aliphatic carbocycles. The second-order valence-electron chi connectivity index (χ2n) is 5.29. The van der Waals surface area contributed by atoms with Gasteiger partial charge in [-0.05, 0) is 55.2 Å². The molecule has 0 bridgehead atoms. The van der Waals surface area contributed by atoms with E-state index in [9.17, 15) is 5.11 Å². The molecule has 0 spiro atoms. The van der Waals surface area contributed by atoms with Gasteiger partial charge in [0, 0.05) is 10.4 Å². The molecule has 2 rings (SSSR count). The van der Waals surface area contributed by atoms with Gasteiger partial charge in [-0.1, -0.05) is 6.42 Å². The molecule has 0 amide bonds. The van der Waals surface area contributed by atoms with E-state index in [1.807, 2.05) is 23.9 Å². The zero-order valence-corrected chi connectivity index (χ0v) is 12.3. The zero-order chi connectivity index (χ0) is 13.7. The molecule has 0 aromatic heterocycles. The van der Waals surface area contributed by atoms with E-state index >= 15 is 0 Å². The molecule has 19 heavy (non-hydrogen) atoms. The highest BCUT2D eigenvalue weighted by molar-refractivity contribution is 7.99. The molecule has 3 nitrogen and oxygen atoms in total. The Morgan fingerprint density at radius 3 is 2.79 bits per heavy atom. The molecule has 0 saturated heterocycles. The molecule has 1 saturated carbocycles. The van der Waals surface area contributed by atoms with Crippen LogP contribution in [0.2, 0.25) is 0 Å². The van der Waals surface area contributed by atoms with E-state index in [0.717, 1.165) is 37.2 Å². The summed E-state index contributed by atoms with van der Waals surface area (Å²) in [6.45, 7) is 0.116. The van der Waals surface area contributed by atoms with Crippen LogP contribution in [-0.4, -0.2) is 30.1 Å². The van der Waals surface area contributed by atoms with Crippen molar-refractivity contribution in [2.24, 2.45) is 11.7 Å². The first-order valence-corrected chi connectivity index (χ1v) is 7.83. The van der Waals surface area contributed by atoms with Crippen LogP contribution in [0.3, 0.4) is 0 Å². The lowest BCUT2D eigenvalue weighted by atomic mass is 9.87. The van der Waals surface area contributed by atoms with Gasteiger partial charge < -0.3 is 15.6 Å². The van der Waals surface area contributed by atoms with Crippen molar-refractivity contribution < 1.29 is 9.84 Å². The summed E-state index contributed by atoms with van der Waals surface area (Å²) in [4.78, 5) is 1.26. The van der Waals surface area contributed by atoms with Crippen LogP contribution in [0.4, 0.5) is 0 Å². The van der Waals surface area contributed by atoms with Crippen LogP contribution < -0.4 is 10.5 Å². The number of hydrogen-bond acceptors (Lipinski definition) is 4. The van der Waals surface area contributed by atoms with E-state index in [1.165, 1.54) is 4.90 Å². The van der Waals surface area contributed by atoms with Crippen LogP contribution in [0.25, 0.3) is 0 Å². The number of benzene rings is 1. The third-order valence-corrected chi connectivity index (χ3v) is 5.14. The average molecular weight is 281 g/mol. The van der Waals surface area contributed by atoms with Crippen LogP contribution in [0.15, 0.2) is 29.2 Å². The van der Waals surface area contributed by atoms with Crippen LogP contribution in [0, 0.1) is 5.92 Å². The summed E-state index contributed by atoms with van der Waals surface area (Å²) in [6.07, 6.45) is 4.34. The van der Waals surface area contributed by atoms with E-state index in [-0.39, 0.29) is 12.1 Å². The lowest BCUT2D eigenvalue weighted by Gasteiger charge is -2.29. The average Bonchev–Trinajstić information content (AvgIpc) is 2.82. The predicted molar refractivity (Wildman–Crippen MR) is 79.7 cm³/mol. The van der Waals surface area contributed by atoms with Gasteiger partial charge in [0.15, 0.2) is 0 Å². The first kappa shape index (κ1) is 14.7. The standard InChI is InChI=1S/C15H23NO2S/c1-18-13-4-6-14(7-5-13)19-10-8-12-3-2-9-15(12,16)11-17/h4-7,12,17H,2-3,8-11,16H2,1H3. The minimum atomic E-state index is -0.333. The van der Waals surface area contributed by atoms with Crippen LogP contribution in [0.1, 0.15) is 25.7 Å². The van der Waals surface area contributed by atoms with Gasteiger partial charge in [-0.3, -0.25) is 0 Å². The van der Waals surface area contributed by atoms with E-state index in [1.54, 1.807) is 7.11 Å². The molecule has 1 aromatic carbocycles. The van der Waals surface area contributed by atoms with Crippen molar-refractivity contribution in [1.29, 1.82) is 0 Å². The van der Waals surface area contributed by atoms with Crippen molar-refractivity contribution >= 4 is 11.8 Å². The lowest BCUT2D eigenvalue weighted by Crippen LogP contribution is -2.47. The highest BCUT2D eigenvalue weighted by atomic mass is 32.2. The second kappa shape index (κ2) is 6.64. The summed E-state index contributed by atoms with van der Waals surface area (Å²) >= 11 is 1.84. The SMILES string of the molecule is COc1ccc(SCCC2CCCC2(N)CO)cc1.